The zero-order valence-electron chi connectivity index (χ0n) is 24.6. The third kappa shape index (κ3) is 7.33. The number of phenols is 1. The molecule has 0 atom stereocenters. The Bertz CT molecular complexity index is 1390. The van der Waals surface area contributed by atoms with Crippen LogP contribution in [0.2, 0.25) is 0 Å². The first kappa shape index (κ1) is 29.4. The minimum absolute atomic E-state index is 0.284. The average Bonchev–Trinajstić information content (AvgIpc) is 3.31. The molecule has 4 aromatic rings. The van der Waals surface area contributed by atoms with Crippen molar-refractivity contribution in [2.24, 2.45) is 0 Å². The molecule has 0 fully saturated rings. The Hall–Kier alpha value is -3.57. The van der Waals surface area contributed by atoms with Gasteiger partial charge in [0.2, 0.25) is 0 Å². The van der Waals surface area contributed by atoms with Gasteiger partial charge >= 0.3 is 5.97 Å². The Kier molecular flexibility index (Phi) is 10.1. The first-order valence-corrected chi connectivity index (χ1v) is 14.7. The van der Waals surface area contributed by atoms with Crippen molar-refractivity contribution in [1.29, 1.82) is 0 Å². The van der Waals surface area contributed by atoms with Gasteiger partial charge in [-0.3, -0.25) is 0 Å². The van der Waals surface area contributed by atoms with Crippen LogP contribution in [0.25, 0.3) is 22.2 Å². The Morgan fingerprint density at radius 2 is 1.57 bits per heavy atom. The van der Waals surface area contributed by atoms with Crippen molar-refractivity contribution in [2.75, 3.05) is 19.7 Å². The molecule has 5 heteroatoms. The highest BCUT2D eigenvalue weighted by atomic mass is 16.5. The maximum atomic E-state index is 12.5. The van der Waals surface area contributed by atoms with Gasteiger partial charge in [0.05, 0.1) is 12.2 Å². The van der Waals surface area contributed by atoms with Crippen LogP contribution in [-0.4, -0.2) is 35.8 Å². The molecule has 0 bridgehead atoms. The lowest BCUT2D eigenvalue weighted by Crippen LogP contribution is -2.18. The molecule has 5 nitrogen and oxygen atoms in total. The molecular weight excluding hydrogens is 496 g/mol. The topological polar surface area (TPSA) is 74.4 Å². The average molecular weight is 541 g/mol. The van der Waals surface area contributed by atoms with Gasteiger partial charge in [-0.2, -0.15) is 0 Å². The summed E-state index contributed by atoms with van der Waals surface area (Å²) in [6, 6.07) is 20.3. The summed E-state index contributed by atoms with van der Waals surface area (Å²) in [7, 11) is 0. The SMILES string of the molecule is CCOC(=O)c1ccc2[nH]c(-c3cc(C(C)C)cc(C(C)C)c3)c(CCNCCCCc3ccc(O)cc3)c2c1. The van der Waals surface area contributed by atoms with E-state index in [4.69, 9.17) is 4.74 Å². The van der Waals surface area contributed by atoms with Gasteiger partial charge in [-0.15, -0.1) is 0 Å². The van der Waals surface area contributed by atoms with Gasteiger partial charge in [0.1, 0.15) is 5.75 Å². The maximum absolute atomic E-state index is 12.5. The Labute approximate surface area is 239 Å². The van der Waals surface area contributed by atoms with Crippen LogP contribution in [0.5, 0.6) is 5.75 Å². The Morgan fingerprint density at radius 3 is 2.23 bits per heavy atom. The van der Waals surface area contributed by atoms with E-state index in [1.165, 1.54) is 27.8 Å². The summed E-state index contributed by atoms with van der Waals surface area (Å²) in [4.78, 5) is 16.2. The van der Waals surface area contributed by atoms with E-state index in [2.05, 4.69) is 56.2 Å². The van der Waals surface area contributed by atoms with E-state index in [9.17, 15) is 9.90 Å². The molecule has 1 heterocycles. The Morgan fingerprint density at radius 1 is 0.875 bits per heavy atom. The van der Waals surface area contributed by atoms with E-state index in [-0.39, 0.29) is 5.97 Å². The molecule has 0 spiro atoms. The quantitative estimate of drug-likeness (QED) is 0.118. The van der Waals surface area contributed by atoms with Crippen LogP contribution in [-0.2, 0) is 17.6 Å². The predicted octanol–water partition coefficient (Wildman–Crippen LogP) is 8.12. The molecule has 0 aliphatic heterocycles. The normalized spacial score (nSPS) is 11.6. The van der Waals surface area contributed by atoms with E-state index in [0.29, 0.717) is 29.8 Å². The van der Waals surface area contributed by atoms with Crippen LogP contribution in [0.1, 0.15) is 91.9 Å². The molecular formula is C35H44N2O3. The van der Waals surface area contributed by atoms with Gasteiger partial charge in [-0.1, -0.05) is 45.9 Å². The molecule has 0 saturated heterocycles. The van der Waals surface area contributed by atoms with Gasteiger partial charge in [0, 0.05) is 16.6 Å². The monoisotopic (exact) mass is 540 g/mol. The number of esters is 1. The number of benzene rings is 3. The number of hydrogen-bond acceptors (Lipinski definition) is 4. The molecule has 3 N–H and O–H groups in total. The lowest BCUT2D eigenvalue weighted by molar-refractivity contribution is 0.0526. The molecule has 0 aliphatic rings. The fourth-order valence-corrected chi connectivity index (χ4v) is 5.16. The van der Waals surface area contributed by atoms with Crippen LogP contribution in [0, 0.1) is 0 Å². The van der Waals surface area contributed by atoms with Crippen molar-refractivity contribution in [2.45, 2.75) is 72.1 Å². The second-order valence-electron chi connectivity index (χ2n) is 11.3. The predicted molar refractivity (Wildman–Crippen MR) is 165 cm³/mol. The van der Waals surface area contributed by atoms with Crippen LogP contribution >= 0.6 is 0 Å². The summed E-state index contributed by atoms with van der Waals surface area (Å²) in [5.74, 6) is 0.898. The van der Waals surface area contributed by atoms with E-state index in [0.717, 1.165) is 55.4 Å². The summed E-state index contributed by atoms with van der Waals surface area (Å²) in [6.07, 6.45) is 4.04. The van der Waals surface area contributed by atoms with Crippen molar-refractivity contribution in [3.8, 4) is 17.0 Å². The second-order valence-corrected chi connectivity index (χ2v) is 11.3. The largest absolute Gasteiger partial charge is 0.508 e. The first-order chi connectivity index (χ1) is 19.3. The van der Waals surface area contributed by atoms with Crippen LogP contribution in [0.4, 0.5) is 0 Å². The summed E-state index contributed by atoms with van der Waals surface area (Å²) in [5, 5.41) is 14.2. The highest BCUT2D eigenvalue weighted by molar-refractivity contribution is 5.98. The van der Waals surface area contributed by atoms with Gasteiger partial charge in [-0.25, -0.2) is 4.79 Å². The van der Waals surface area contributed by atoms with E-state index in [1.54, 1.807) is 12.1 Å². The number of carbonyl (C=O) groups is 1. The number of phenolic OH excluding ortho intramolecular Hbond substituents is 1. The zero-order chi connectivity index (χ0) is 28.6. The minimum atomic E-state index is -0.284. The number of hydrogen-bond donors (Lipinski definition) is 3. The van der Waals surface area contributed by atoms with E-state index in [1.807, 2.05) is 37.3 Å². The van der Waals surface area contributed by atoms with Crippen molar-refractivity contribution in [1.82, 2.24) is 10.3 Å². The number of unbranched alkanes of at least 4 members (excludes halogenated alkanes) is 1. The van der Waals surface area contributed by atoms with E-state index < -0.39 is 0 Å². The molecule has 4 rings (SSSR count). The zero-order valence-corrected chi connectivity index (χ0v) is 24.6. The summed E-state index contributed by atoms with van der Waals surface area (Å²) >= 11 is 0. The standard InChI is InChI=1S/C35H44N2O3/c1-6-40-35(39)26-12-15-33-32(22-26)31(16-18-36-17-8-7-9-25-10-13-30(38)14-11-25)34(37-33)29-20-27(23(2)3)19-28(21-29)24(4)5/h10-15,19-24,36-38H,6-9,16-18H2,1-5H3. The lowest BCUT2D eigenvalue weighted by Gasteiger charge is -2.15. The van der Waals surface area contributed by atoms with Crippen LogP contribution < -0.4 is 5.32 Å². The Balaban J connectivity index is 1.55. The van der Waals surface area contributed by atoms with Crippen LogP contribution in [0.15, 0.2) is 60.7 Å². The number of aromatic nitrogens is 1. The van der Waals surface area contributed by atoms with Gasteiger partial charge in [-0.05, 0) is 128 Å². The molecule has 0 saturated carbocycles. The third-order valence-electron chi connectivity index (χ3n) is 7.57. The lowest BCUT2D eigenvalue weighted by atomic mass is 9.91. The van der Waals surface area contributed by atoms with Gasteiger partial charge in [0.15, 0.2) is 0 Å². The van der Waals surface area contributed by atoms with Gasteiger partial charge < -0.3 is 20.1 Å². The maximum Gasteiger partial charge on any atom is 0.338 e. The number of aromatic amines is 1. The molecule has 1 aromatic heterocycles. The fraction of sp³-hybridized carbons (Fsp3) is 0.400. The number of H-pyrrole nitrogens is 1. The molecule has 0 amide bonds. The number of aryl methyl sites for hydroxylation is 1. The van der Waals surface area contributed by atoms with Crippen molar-refractivity contribution in [3.63, 3.8) is 0 Å². The second kappa shape index (κ2) is 13.7. The van der Waals surface area contributed by atoms with E-state index >= 15 is 0 Å². The third-order valence-corrected chi connectivity index (χ3v) is 7.57. The molecule has 212 valence electrons. The molecule has 0 aliphatic carbocycles. The molecule has 3 aromatic carbocycles. The number of carbonyl (C=O) groups excluding carboxylic acids is 1. The summed E-state index contributed by atoms with van der Waals surface area (Å²) in [5.41, 5.74) is 9.11. The minimum Gasteiger partial charge on any atom is -0.508 e. The number of ether oxygens (including phenoxy) is 1. The summed E-state index contributed by atoms with van der Waals surface area (Å²) < 4.78 is 5.29. The number of fused-ring (bicyclic) bond motifs is 1. The molecule has 0 radical (unpaired) electrons. The highest BCUT2D eigenvalue weighted by Crippen LogP contribution is 2.35. The van der Waals surface area contributed by atoms with Gasteiger partial charge in [0.25, 0.3) is 0 Å². The molecule has 40 heavy (non-hydrogen) atoms. The van der Waals surface area contributed by atoms with Crippen molar-refractivity contribution < 1.29 is 14.6 Å². The fourth-order valence-electron chi connectivity index (χ4n) is 5.16. The van der Waals surface area contributed by atoms with Crippen molar-refractivity contribution in [3.05, 3.63) is 88.5 Å². The van der Waals surface area contributed by atoms with Crippen molar-refractivity contribution >= 4 is 16.9 Å². The number of nitrogens with one attached hydrogen (secondary N) is 2. The molecule has 0 unspecified atom stereocenters. The number of aromatic hydroxyl groups is 1. The van der Waals surface area contributed by atoms with Crippen LogP contribution in [0.3, 0.4) is 0 Å². The first-order valence-electron chi connectivity index (χ1n) is 14.7. The highest BCUT2D eigenvalue weighted by Gasteiger charge is 2.18. The smallest absolute Gasteiger partial charge is 0.338 e. The summed E-state index contributed by atoms with van der Waals surface area (Å²) in [6.45, 7) is 13.0. The number of rotatable bonds is 13.